The molecule has 1 unspecified atom stereocenters. The molecule has 1 atom stereocenters. The molecule has 0 saturated carbocycles. The minimum atomic E-state index is 0.339. The van der Waals surface area contributed by atoms with Gasteiger partial charge in [-0.05, 0) is 31.7 Å². The Balaban J connectivity index is 2.37. The summed E-state index contributed by atoms with van der Waals surface area (Å²) in [6.07, 6.45) is 5.50. The van der Waals surface area contributed by atoms with E-state index in [0.717, 1.165) is 10.2 Å². The number of hydrogen-bond acceptors (Lipinski definition) is 2. The zero-order valence-electron chi connectivity index (χ0n) is 9.31. The first-order valence-corrected chi connectivity index (χ1v) is 5.96. The van der Waals surface area contributed by atoms with Gasteiger partial charge in [-0.15, -0.1) is 0 Å². The van der Waals surface area contributed by atoms with Crippen molar-refractivity contribution in [2.24, 2.45) is 0 Å². The third-order valence-electron chi connectivity index (χ3n) is 2.69. The maximum Gasteiger partial charge on any atom is 0.0991 e. The highest BCUT2D eigenvalue weighted by Crippen LogP contribution is 2.25. The Labute approximate surface area is 104 Å². The highest BCUT2D eigenvalue weighted by molar-refractivity contribution is 9.10. The van der Waals surface area contributed by atoms with Crippen LogP contribution in [-0.4, -0.2) is 16.6 Å². The van der Waals surface area contributed by atoms with Crippen molar-refractivity contribution in [1.82, 2.24) is 14.9 Å². The average molecular weight is 280 g/mol. The Bertz CT molecular complexity index is 465. The molecule has 4 heteroatoms. The molecule has 2 aromatic rings. The summed E-state index contributed by atoms with van der Waals surface area (Å²) in [7, 11) is 1.96. The van der Waals surface area contributed by atoms with E-state index in [1.807, 2.05) is 17.8 Å². The second-order valence-corrected chi connectivity index (χ2v) is 4.54. The lowest BCUT2D eigenvalue weighted by Crippen LogP contribution is -2.12. The molecule has 1 aromatic heterocycles. The molecule has 0 aliphatic heterocycles. The summed E-state index contributed by atoms with van der Waals surface area (Å²) in [6, 6.07) is 6.66. The van der Waals surface area contributed by atoms with Gasteiger partial charge in [0.15, 0.2) is 0 Å². The van der Waals surface area contributed by atoms with Crippen molar-refractivity contribution in [3.05, 3.63) is 47.0 Å². The Morgan fingerprint density at radius 1 is 1.44 bits per heavy atom. The number of benzene rings is 1. The fraction of sp³-hybridized carbons (Fsp3) is 0.250. The molecular formula is C12H14BrN3. The van der Waals surface area contributed by atoms with Gasteiger partial charge in [-0.1, -0.05) is 22.0 Å². The van der Waals surface area contributed by atoms with Gasteiger partial charge < -0.3 is 9.88 Å². The Morgan fingerprint density at radius 3 is 2.81 bits per heavy atom. The molecule has 16 heavy (non-hydrogen) atoms. The van der Waals surface area contributed by atoms with Gasteiger partial charge in [0, 0.05) is 28.6 Å². The molecular weight excluding hydrogens is 266 g/mol. The van der Waals surface area contributed by atoms with Crippen LogP contribution in [0.25, 0.3) is 5.69 Å². The maximum absolute atomic E-state index is 4.04. The lowest BCUT2D eigenvalue weighted by molar-refractivity contribution is 0.649. The van der Waals surface area contributed by atoms with E-state index in [4.69, 9.17) is 0 Å². The summed E-state index contributed by atoms with van der Waals surface area (Å²) in [5.41, 5.74) is 2.36. The van der Waals surface area contributed by atoms with E-state index in [2.05, 4.69) is 51.4 Å². The first-order chi connectivity index (χ1) is 7.72. The van der Waals surface area contributed by atoms with Crippen LogP contribution in [0.4, 0.5) is 0 Å². The van der Waals surface area contributed by atoms with E-state index in [1.165, 1.54) is 5.56 Å². The predicted octanol–water partition coefficient (Wildman–Crippen LogP) is 2.92. The van der Waals surface area contributed by atoms with Crippen LogP contribution in [0.2, 0.25) is 0 Å². The molecule has 0 aliphatic rings. The number of halogens is 1. The lowest BCUT2D eigenvalue weighted by atomic mass is 10.1. The molecule has 0 bridgehead atoms. The zero-order valence-corrected chi connectivity index (χ0v) is 10.9. The third-order valence-corrected chi connectivity index (χ3v) is 3.37. The fourth-order valence-corrected chi connectivity index (χ4v) is 2.31. The van der Waals surface area contributed by atoms with E-state index in [0.29, 0.717) is 6.04 Å². The molecule has 0 spiro atoms. The van der Waals surface area contributed by atoms with Crippen LogP contribution < -0.4 is 5.32 Å². The van der Waals surface area contributed by atoms with Gasteiger partial charge in [0.1, 0.15) is 0 Å². The van der Waals surface area contributed by atoms with Gasteiger partial charge in [-0.25, -0.2) is 4.98 Å². The van der Waals surface area contributed by atoms with Crippen molar-refractivity contribution < 1.29 is 0 Å². The lowest BCUT2D eigenvalue weighted by Gasteiger charge is -2.14. The van der Waals surface area contributed by atoms with Crippen molar-refractivity contribution in [1.29, 1.82) is 0 Å². The SMILES string of the molecule is CNC(C)c1ccc(-n2ccnc2)cc1Br. The topological polar surface area (TPSA) is 29.9 Å². The minimum absolute atomic E-state index is 0.339. The van der Waals surface area contributed by atoms with Gasteiger partial charge in [0.05, 0.1) is 6.33 Å². The van der Waals surface area contributed by atoms with E-state index in [9.17, 15) is 0 Å². The molecule has 0 fully saturated rings. The van der Waals surface area contributed by atoms with Crippen molar-refractivity contribution in [2.75, 3.05) is 7.05 Å². The zero-order chi connectivity index (χ0) is 11.5. The summed E-state index contributed by atoms with van der Waals surface area (Å²) in [4.78, 5) is 4.04. The number of imidazole rings is 1. The molecule has 1 heterocycles. The Hall–Kier alpha value is -1.13. The van der Waals surface area contributed by atoms with E-state index < -0.39 is 0 Å². The standard InChI is InChI=1S/C12H14BrN3/c1-9(14-2)11-4-3-10(7-12(11)13)16-6-5-15-8-16/h3-9,14H,1-2H3. The molecule has 1 aromatic carbocycles. The Kier molecular flexibility index (Phi) is 3.41. The van der Waals surface area contributed by atoms with Crippen molar-refractivity contribution in [2.45, 2.75) is 13.0 Å². The largest absolute Gasteiger partial charge is 0.313 e. The summed E-state index contributed by atoms with van der Waals surface area (Å²) < 4.78 is 3.10. The predicted molar refractivity (Wildman–Crippen MR) is 68.7 cm³/mol. The van der Waals surface area contributed by atoms with E-state index >= 15 is 0 Å². The third kappa shape index (κ3) is 2.18. The van der Waals surface area contributed by atoms with Crippen LogP contribution in [0, 0.1) is 0 Å². The first kappa shape index (κ1) is 11.4. The smallest absolute Gasteiger partial charge is 0.0991 e. The van der Waals surface area contributed by atoms with Crippen molar-refractivity contribution in [3.8, 4) is 5.69 Å². The minimum Gasteiger partial charge on any atom is -0.313 e. The number of hydrogen-bond donors (Lipinski definition) is 1. The van der Waals surface area contributed by atoms with Gasteiger partial charge in [0.25, 0.3) is 0 Å². The highest BCUT2D eigenvalue weighted by atomic mass is 79.9. The molecule has 84 valence electrons. The molecule has 3 nitrogen and oxygen atoms in total. The number of nitrogens with zero attached hydrogens (tertiary/aromatic N) is 2. The van der Waals surface area contributed by atoms with Gasteiger partial charge >= 0.3 is 0 Å². The van der Waals surface area contributed by atoms with Crippen LogP contribution >= 0.6 is 15.9 Å². The van der Waals surface area contributed by atoms with Crippen molar-refractivity contribution in [3.63, 3.8) is 0 Å². The fourth-order valence-electron chi connectivity index (χ4n) is 1.60. The quantitative estimate of drug-likeness (QED) is 0.936. The second kappa shape index (κ2) is 4.80. The first-order valence-electron chi connectivity index (χ1n) is 5.17. The molecule has 0 saturated heterocycles. The van der Waals surface area contributed by atoms with Crippen LogP contribution in [0.1, 0.15) is 18.5 Å². The molecule has 0 aliphatic carbocycles. The Morgan fingerprint density at radius 2 is 2.25 bits per heavy atom. The molecule has 0 amide bonds. The number of rotatable bonds is 3. The van der Waals surface area contributed by atoms with E-state index in [-0.39, 0.29) is 0 Å². The summed E-state index contributed by atoms with van der Waals surface area (Å²) >= 11 is 3.60. The second-order valence-electron chi connectivity index (χ2n) is 3.69. The normalized spacial score (nSPS) is 12.7. The van der Waals surface area contributed by atoms with Crippen LogP contribution in [-0.2, 0) is 0 Å². The monoisotopic (exact) mass is 279 g/mol. The van der Waals surface area contributed by atoms with Gasteiger partial charge in [0.2, 0.25) is 0 Å². The van der Waals surface area contributed by atoms with Crippen LogP contribution in [0.5, 0.6) is 0 Å². The molecule has 1 N–H and O–H groups in total. The summed E-state index contributed by atoms with van der Waals surface area (Å²) in [5.74, 6) is 0. The van der Waals surface area contributed by atoms with E-state index in [1.54, 1.807) is 12.5 Å². The highest BCUT2D eigenvalue weighted by Gasteiger charge is 2.08. The summed E-state index contributed by atoms with van der Waals surface area (Å²) in [6.45, 7) is 2.14. The van der Waals surface area contributed by atoms with Crippen LogP contribution in [0.15, 0.2) is 41.4 Å². The number of nitrogens with one attached hydrogen (secondary N) is 1. The van der Waals surface area contributed by atoms with Gasteiger partial charge in [-0.3, -0.25) is 0 Å². The van der Waals surface area contributed by atoms with Gasteiger partial charge in [-0.2, -0.15) is 0 Å². The number of aromatic nitrogens is 2. The molecule has 2 rings (SSSR count). The maximum atomic E-state index is 4.04. The van der Waals surface area contributed by atoms with Crippen molar-refractivity contribution >= 4 is 15.9 Å². The summed E-state index contributed by atoms with van der Waals surface area (Å²) in [5, 5.41) is 3.23. The molecule has 0 radical (unpaired) electrons. The van der Waals surface area contributed by atoms with Crippen LogP contribution in [0.3, 0.4) is 0 Å². The average Bonchev–Trinajstić information content (AvgIpc) is 2.81.